The summed E-state index contributed by atoms with van der Waals surface area (Å²) in [7, 11) is 0. The molecule has 1 heterocycles. The number of amides is 1. The lowest BCUT2D eigenvalue weighted by Crippen LogP contribution is -2.28. The number of primary amides is 1. The molecule has 1 aliphatic heterocycles. The summed E-state index contributed by atoms with van der Waals surface area (Å²) in [5, 5.41) is 0. The lowest BCUT2D eigenvalue weighted by Gasteiger charge is -2.16. The van der Waals surface area contributed by atoms with Gasteiger partial charge in [-0.1, -0.05) is 0 Å². The quantitative estimate of drug-likeness (QED) is 0.525. The Morgan fingerprint density at radius 2 is 2.36 bits per heavy atom. The van der Waals surface area contributed by atoms with Crippen molar-refractivity contribution in [2.75, 3.05) is 13.1 Å². The fraction of sp³-hybridized carbons (Fsp3) is 0.800. The van der Waals surface area contributed by atoms with Crippen molar-refractivity contribution < 1.29 is 13.6 Å². The average Bonchev–Trinajstić information content (AvgIpc) is 2.33. The maximum atomic E-state index is 10.6. The molecule has 0 spiro atoms. The molecule has 0 aliphatic carbocycles. The van der Waals surface area contributed by atoms with E-state index in [9.17, 15) is 13.6 Å². The van der Waals surface area contributed by atoms with Crippen LogP contribution in [0.2, 0.25) is 0 Å². The number of hydrogen-bond acceptors (Lipinski definition) is 3. The third kappa shape index (κ3) is 1.98. The highest BCUT2D eigenvalue weighted by atomic mass is 32.2. The summed E-state index contributed by atoms with van der Waals surface area (Å²) >= 11 is -2.20. The number of rotatable bonds is 2. The van der Waals surface area contributed by atoms with E-state index in [0.717, 1.165) is 0 Å². The molecule has 1 rings (SSSR count). The van der Waals surface area contributed by atoms with Crippen LogP contribution >= 0.6 is 0 Å². The summed E-state index contributed by atoms with van der Waals surface area (Å²) < 4.78 is 21.9. The number of carbonyl (C=O) groups is 1. The topological polar surface area (TPSA) is 86.5 Å². The third-order valence-corrected chi connectivity index (χ3v) is 2.52. The minimum Gasteiger partial charge on any atom is -0.760 e. The van der Waals surface area contributed by atoms with Gasteiger partial charge in [-0.3, -0.25) is 9.00 Å². The van der Waals surface area contributed by atoms with Gasteiger partial charge >= 0.3 is 0 Å². The van der Waals surface area contributed by atoms with Crippen LogP contribution in [0.3, 0.4) is 0 Å². The summed E-state index contributed by atoms with van der Waals surface area (Å²) in [4.78, 5) is 10.6. The van der Waals surface area contributed by atoms with E-state index in [1.165, 1.54) is 4.31 Å². The Kier molecular flexibility index (Phi) is 2.58. The molecule has 0 aromatic heterocycles. The second-order valence-corrected chi connectivity index (χ2v) is 3.44. The van der Waals surface area contributed by atoms with Gasteiger partial charge in [-0.15, -0.1) is 0 Å². The van der Waals surface area contributed by atoms with Crippen LogP contribution in [-0.2, 0) is 16.1 Å². The van der Waals surface area contributed by atoms with Crippen LogP contribution in [0.5, 0.6) is 0 Å². The average molecular weight is 177 g/mol. The Balaban J connectivity index is 2.47. The highest BCUT2D eigenvalue weighted by Gasteiger charge is 2.26. The van der Waals surface area contributed by atoms with Crippen molar-refractivity contribution in [3.63, 3.8) is 0 Å². The van der Waals surface area contributed by atoms with Gasteiger partial charge in [0.15, 0.2) is 0 Å². The number of carbonyl (C=O) groups excluding carboxylic acids is 1. The molecule has 0 saturated carbocycles. The molecule has 0 aromatic rings. The molecule has 6 heteroatoms. The van der Waals surface area contributed by atoms with Crippen molar-refractivity contribution in [1.29, 1.82) is 0 Å². The zero-order valence-electron chi connectivity index (χ0n) is 5.86. The van der Waals surface area contributed by atoms with Gasteiger partial charge in [0.05, 0.1) is 5.92 Å². The molecule has 0 radical (unpaired) electrons. The van der Waals surface area contributed by atoms with Crippen molar-refractivity contribution >= 4 is 17.2 Å². The van der Waals surface area contributed by atoms with Gasteiger partial charge in [-0.05, 0) is 6.42 Å². The molecule has 5 nitrogen and oxygen atoms in total. The molecular weight excluding hydrogens is 168 g/mol. The van der Waals surface area contributed by atoms with Crippen LogP contribution in [0.15, 0.2) is 0 Å². The second kappa shape index (κ2) is 3.29. The second-order valence-electron chi connectivity index (χ2n) is 2.49. The third-order valence-electron chi connectivity index (χ3n) is 1.76. The normalized spacial score (nSPS) is 28.6. The van der Waals surface area contributed by atoms with Crippen LogP contribution in [-0.4, -0.2) is 32.1 Å². The van der Waals surface area contributed by atoms with E-state index in [4.69, 9.17) is 5.73 Å². The molecule has 64 valence electrons. The molecule has 1 aliphatic rings. The number of nitrogens with two attached hydrogens (primary N) is 1. The Bertz CT molecular complexity index is 176. The largest absolute Gasteiger partial charge is 0.760 e. The first-order valence-corrected chi connectivity index (χ1v) is 4.28. The van der Waals surface area contributed by atoms with Crippen LogP contribution < -0.4 is 5.73 Å². The van der Waals surface area contributed by atoms with E-state index in [-0.39, 0.29) is 12.5 Å². The number of hydrogen-bond donors (Lipinski definition) is 1. The van der Waals surface area contributed by atoms with E-state index in [1.807, 2.05) is 0 Å². The van der Waals surface area contributed by atoms with Crippen LogP contribution in [0, 0.1) is 5.92 Å². The molecule has 0 bridgehead atoms. The van der Waals surface area contributed by atoms with Crippen LogP contribution in [0.25, 0.3) is 0 Å². The maximum Gasteiger partial charge on any atom is 0.221 e. The molecule has 2 atom stereocenters. The molecule has 2 N–H and O–H groups in total. The van der Waals surface area contributed by atoms with E-state index in [2.05, 4.69) is 0 Å². The van der Waals surface area contributed by atoms with Gasteiger partial charge in [0, 0.05) is 24.4 Å². The molecule has 0 aromatic carbocycles. The smallest absolute Gasteiger partial charge is 0.221 e. The first kappa shape index (κ1) is 8.63. The van der Waals surface area contributed by atoms with E-state index >= 15 is 0 Å². The van der Waals surface area contributed by atoms with Gasteiger partial charge in [-0.25, -0.2) is 4.31 Å². The molecule has 1 fully saturated rings. The van der Waals surface area contributed by atoms with E-state index in [1.54, 1.807) is 0 Å². The van der Waals surface area contributed by atoms with Gasteiger partial charge in [0.1, 0.15) is 0 Å². The Morgan fingerprint density at radius 3 is 2.64 bits per heavy atom. The predicted octanol–water partition coefficient (Wildman–Crippen LogP) is -1.41. The molecule has 11 heavy (non-hydrogen) atoms. The maximum absolute atomic E-state index is 10.6. The van der Waals surface area contributed by atoms with Crippen molar-refractivity contribution in [2.24, 2.45) is 11.7 Å². The van der Waals surface area contributed by atoms with Gasteiger partial charge in [0.25, 0.3) is 0 Å². The van der Waals surface area contributed by atoms with Crippen molar-refractivity contribution in [3.8, 4) is 0 Å². The number of nitrogens with zero attached hydrogens (tertiary/aromatic N) is 1. The Hall–Kier alpha value is -0.460. The Morgan fingerprint density at radius 1 is 1.73 bits per heavy atom. The summed E-state index contributed by atoms with van der Waals surface area (Å²) in [6.07, 6.45) is 0.545. The first-order valence-electron chi connectivity index (χ1n) is 3.25. The lowest BCUT2D eigenvalue weighted by atomic mass is 10.1. The van der Waals surface area contributed by atoms with Gasteiger partial charge in [0.2, 0.25) is 5.91 Å². The zero-order valence-corrected chi connectivity index (χ0v) is 6.67. The summed E-state index contributed by atoms with van der Waals surface area (Å²) in [5.74, 6) is -0.717. The van der Waals surface area contributed by atoms with E-state index < -0.39 is 17.2 Å². The van der Waals surface area contributed by atoms with E-state index in [0.29, 0.717) is 13.0 Å². The SMILES string of the molecule is NC(=O)[C@@H]1CCN(S(=O)[O-])C1. The summed E-state index contributed by atoms with van der Waals surface area (Å²) in [6.45, 7) is 0.648. The summed E-state index contributed by atoms with van der Waals surface area (Å²) in [6, 6.07) is 0. The molecule has 1 saturated heterocycles. The first-order chi connectivity index (χ1) is 5.11. The van der Waals surface area contributed by atoms with Crippen molar-refractivity contribution in [1.82, 2.24) is 4.31 Å². The summed E-state index contributed by atoms with van der Waals surface area (Å²) in [5.41, 5.74) is 4.99. The highest BCUT2D eigenvalue weighted by molar-refractivity contribution is 7.76. The molecular formula is C5H9N2O3S-. The molecule has 1 unspecified atom stereocenters. The zero-order chi connectivity index (χ0) is 8.43. The Labute approximate surface area is 67.0 Å². The fourth-order valence-corrected chi connectivity index (χ4v) is 1.65. The van der Waals surface area contributed by atoms with Gasteiger partial charge in [-0.2, -0.15) is 0 Å². The van der Waals surface area contributed by atoms with Gasteiger partial charge < -0.3 is 10.3 Å². The minimum absolute atomic E-state index is 0.242. The van der Waals surface area contributed by atoms with Crippen LogP contribution in [0.1, 0.15) is 6.42 Å². The highest BCUT2D eigenvalue weighted by Crippen LogP contribution is 2.15. The lowest BCUT2D eigenvalue weighted by molar-refractivity contribution is -0.121. The monoisotopic (exact) mass is 177 g/mol. The van der Waals surface area contributed by atoms with Crippen molar-refractivity contribution in [3.05, 3.63) is 0 Å². The van der Waals surface area contributed by atoms with Crippen LogP contribution in [0.4, 0.5) is 0 Å². The predicted molar refractivity (Wildman–Crippen MR) is 37.8 cm³/mol. The minimum atomic E-state index is -2.20. The fourth-order valence-electron chi connectivity index (χ4n) is 1.10. The molecule has 1 amide bonds. The van der Waals surface area contributed by atoms with Crippen molar-refractivity contribution in [2.45, 2.75) is 6.42 Å². The standard InChI is InChI=1S/C5H10N2O3S/c6-5(8)4-1-2-7(3-4)11(9)10/h4H,1-3H2,(H2,6,8)(H,9,10)/p-1/t4-/m1/s1.